The van der Waals surface area contributed by atoms with Crippen LogP contribution in [0.3, 0.4) is 0 Å². The Hall–Kier alpha value is -0.370. The summed E-state index contributed by atoms with van der Waals surface area (Å²) in [6.45, 7) is 2.87. The van der Waals surface area contributed by atoms with Crippen molar-refractivity contribution in [3.63, 3.8) is 0 Å². The van der Waals surface area contributed by atoms with E-state index in [2.05, 4.69) is 0 Å². The van der Waals surface area contributed by atoms with Crippen molar-refractivity contribution in [1.82, 2.24) is 5.06 Å². The van der Waals surface area contributed by atoms with Gasteiger partial charge in [-0.15, -0.1) is 5.06 Å². The van der Waals surface area contributed by atoms with Crippen LogP contribution in [0, 0.1) is 10.2 Å². The molecule has 72 valence electrons. The minimum Gasteiger partial charge on any atom is -0.411 e. The van der Waals surface area contributed by atoms with E-state index in [1.165, 1.54) is 0 Å². The molecule has 1 N–H and O–H groups in total. The van der Waals surface area contributed by atoms with Gasteiger partial charge < -0.3 is 4.84 Å². The average Bonchev–Trinajstić information content (AvgIpc) is 2.09. The second-order valence-corrected chi connectivity index (χ2v) is 2.90. The van der Waals surface area contributed by atoms with Crippen LogP contribution >= 0.6 is 0 Å². The summed E-state index contributed by atoms with van der Waals surface area (Å²) in [6, 6.07) is 0. The lowest BCUT2D eigenvalue weighted by Crippen LogP contribution is -2.58. The third-order valence-corrected chi connectivity index (χ3v) is 0.936. The molecule has 0 aromatic heterocycles. The molecule has 0 unspecified atom stereocenters. The zero-order chi connectivity index (χ0) is 9.78. The van der Waals surface area contributed by atoms with Crippen molar-refractivity contribution >= 4 is 0 Å². The number of halogens is 1. The van der Waals surface area contributed by atoms with Crippen LogP contribution in [0.2, 0.25) is 0 Å². The first-order chi connectivity index (χ1) is 5.29. The monoisotopic (exact) mass is 199 g/mol. The molecule has 0 spiro atoms. The van der Waals surface area contributed by atoms with Gasteiger partial charge in [-0.1, -0.05) is 0 Å². The summed E-state index contributed by atoms with van der Waals surface area (Å²) in [5, 5.41) is 1.79. The van der Waals surface area contributed by atoms with Crippen LogP contribution in [0.4, 0.5) is 0 Å². The largest absolute Gasteiger partial charge is 0.411 e. The van der Waals surface area contributed by atoms with Crippen LogP contribution < -0.4 is 14.0 Å². The highest BCUT2D eigenvalue weighted by molar-refractivity contribution is 4.93. The van der Waals surface area contributed by atoms with Crippen LogP contribution in [0.25, 0.3) is 0 Å². The molecule has 0 aliphatic carbocycles. The van der Waals surface area contributed by atoms with E-state index in [0.29, 0.717) is 0 Å². The van der Waals surface area contributed by atoms with Gasteiger partial charge in [0.05, 0.1) is 21.4 Å². The smallest absolute Gasteiger partial charge is 0.118 e. The minimum atomic E-state index is -4.69. The summed E-state index contributed by atoms with van der Waals surface area (Å²) in [7, 11) is -2.78. The molecule has 12 heavy (non-hydrogen) atoms. The van der Waals surface area contributed by atoms with Crippen molar-refractivity contribution in [2.45, 2.75) is 6.92 Å². The van der Waals surface area contributed by atoms with Gasteiger partial charge in [0.1, 0.15) is 5.76 Å². The number of hydrogen-bond donors (Lipinski definition) is 1. The van der Waals surface area contributed by atoms with E-state index in [1.54, 1.807) is 5.06 Å². The van der Waals surface area contributed by atoms with Crippen LogP contribution in [-0.2, 0) is 4.84 Å². The van der Waals surface area contributed by atoms with Crippen molar-refractivity contribution < 1.29 is 33.7 Å². The number of allylic oxidation sites excluding steroid dienone is 1. The summed E-state index contributed by atoms with van der Waals surface area (Å²) in [5.41, 5.74) is 0. The van der Waals surface area contributed by atoms with Gasteiger partial charge in [0, 0.05) is 7.05 Å². The SMILES string of the molecule is CC1=CCN(C)O1.[O-][Cl+3]([O-])([O-])O. The Balaban J connectivity index is 0.000000217. The van der Waals surface area contributed by atoms with E-state index in [9.17, 15) is 0 Å². The van der Waals surface area contributed by atoms with Crippen molar-refractivity contribution in [3.05, 3.63) is 11.8 Å². The van der Waals surface area contributed by atoms with Crippen LogP contribution in [0.15, 0.2) is 11.8 Å². The van der Waals surface area contributed by atoms with Gasteiger partial charge in [0.2, 0.25) is 0 Å². The Morgan fingerprint density at radius 2 is 2.00 bits per heavy atom. The zero-order valence-corrected chi connectivity index (χ0v) is 7.45. The molecule has 6 nitrogen and oxygen atoms in total. The molecule has 0 fully saturated rings. The molecular weight excluding hydrogens is 190 g/mol. The Morgan fingerprint density at radius 3 is 2.08 bits per heavy atom. The Bertz CT molecular complexity index is 160. The average molecular weight is 200 g/mol. The predicted molar refractivity (Wildman–Crippen MR) is 29.7 cm³/mol. The Kier molecular flexibility index (Phi) is 4.46. The van der Waals surface area contributed by atoms with Crippen LogP contribution in [-0.4, -0.2) is 23.3 Å². The van der Waals surface area contributed by atoms with Crippen molar-refractivity contribution in [3.8, 4) is 0 Å². The lowest BCUT2D eigenvalue weighted by molar-refractivity contribution is -1.92. The highest BCUT2D eigenvalue weighted by Gasteiger charge is 2.03. The second-order valence-electron chi connectivity index (χ2n) is 2.11. The van der Waals surface area contributed by atoms with Crippen molar-refractivity contribution in [1.29, 1.82) is 0 Å². The van der Waals surface area contributed by atoms with E-state index in [1.807, 2.05) is 20.0 Å². The lowest BCUT2D eigenvalue weighted by Gasteiger charge is -2.05. The first kappa shape index (κ1) is 11.6. The molecule has 0 atom stereocenters. The number of likely N-dealkylation sites (N-methyl/N-ethyl adjacent to an activating group) is 1. The number of hydroxylamine groups is 2. The van der Waals surface area contributed by atoms with E-state index in [-0.39, 0.29) is 0 Å². The first-order valence-corrected chi connectivity index (χ1v) is 4.24. The molecular formula is C5H10ClNO5. The molecule has 0 radical (unpaired) electrons. The molecule has 1 rings (SSSR count). The van der Waals surface area contributed by atoms with Gasteiger partial charge in [-0.05, 0) is 13.0 Å². The predicted octanol–water partition coefficient (Wildman–Crippen LogP) is -3.36. The summed E-state index contributed by atoms with van der Waals surface area (Å²) >= 11 is 0. The molecule has 7 heteroatoms. The van der Waals surface area contributed by atoms with Gasteiger partial charge in [-0.2, -0.15) is 14.0 Å². The fourth-order valence-electron chi connectivity index (χ4n) is 0.577. The maximum absolute atomic E-state index is 8.60. The van der Waals surface area contributed by atoms with E-state index in [0.717, 1.165) is 12.3 Å². The lowest BCUT2D eigenvalue weighted by atomic mass is 10.5. The zero-order valence-electron chi connectivity index (χ0n) is 6.69. The Labute approximate surface area is 72.0 Å². The molecule has 1 aliphatic rings. The highest BCUT2D eigenvalue weighted by Crippen LogP contribution is 2.05. The molecule has 1 aliphatic heterocycles. The van der Waals surface area contributed by atoms with Gasteiger partial charge in [0.25, 0.3) is 0 Å². The van der Waals surface area contributed by atoms with E-state index >= 15 is 0 Å². The number of nitrogens with zero attached hydrogens (tertiary/aromatic N) is 1. The molecule has 0 aromatic rings. The molecule has 0 saturated heterocycles. The number of hydrogen-bond acceptors (Lipinski definition) is 6. The third-order valence-electron chi connectivity index (χ3n) is 0.936. The maximum Gasteiger partial charge on any atom is 0.118 e. The fourth-order valence-corrected chi connectivity index (χ4v) is 0.577. The van der Waals surface area contributed by atoms with Gasteiger partial charge in [-0.3, -0.25) is 0 Å². The van der Waals surface area contributed by atoms with Crippen molar-refractivity contribution in [2.75, 3.05) is 13.6 Å². The Morgan fingerprint density at radius 1 is 1.58 bits per heavy atom. The van der Waals surface area contributed by atoms with E-state index in [4.69, 9.17) is 23.5 Å². The summed E-state index contributed by atoms with van der Waals surface area (Å²) in [4.78, 5) is 5.06. The van der Waals surface area contributed by atoms with Crippen LogP contribution in [0.5, 0.6) is 0 Å². The summed E-state index contributed by atoms with van der Waals surface area (Å²) in [6.07, 6.45) is 2.04. The van der Waals surface area contributed by atoms with Gasteiger partial charge >= 0.3 is 0 Å². The molecule has 0 amide bonds. The topological polar surface area (TPSA) is 102 Å². The summed E-state index contributed by atoms with van der Waals surface area (Å²) in [5.74, 6) is 1.00. The quantitative estimate of drug-likeness (QED) is 0.437. The molecule has 1 heterocycles. The fraction of sp³-hybridized carbons (Fsp3) is 0.600. The summed E-state index contributed by atoms with van der Waals surface area (Å²) < 4.78 is 32.7. The standard InChI is InChI=1S/C5H9NO.ClHO4/c1-5-3-4-6(2)7-5;2-1(3,4)5/h3H,4H2,1-2H3;(H,2,3,4,5). The molecule has 0 bridgehead atoms. The molecule has 0 aromatic carbocycles. The normalized spacial score (nSPS) is 17.7. The van der Waals surface area contributed by atoms with E-state index < -0.39 is 10.2 Å². The number of rotatable bonds is 0. The van der Waals surface area contributed by atoms with Gasteiger partial charge in [0.15, 0.2) is 0 Å². The first-order valence-electron chi connectivity index (χ1n) is 2.98. The van der Waals surface area contributed by atoms with Gasteiger partial charge in [-0.25, -0.2) is 0 Å². The minimum absolute atomic E-state index is 0.922. The maximum atomic E-state index is 8.60. The van der Waals surface area contributed by atoms with Crippen LogP contribution in [0.1, 0.15) is 6.92 Å². The highest BCUT2D eigenvalue weighted by atomic mass is 35.7. The van der Waals surface area contributed by atoms with Crippen molar-refractivity contribution in [2.24, 2.45) is 0 Å². The second kappa shape index (κ2) is 4.61. The molecule has 0 saturated carbocycles. The third kappa shape index (κ3) is 9.63.